The van der Waals surface area contributed by atoms with Gasteiger partial charge in [-0.3, -0.25) is 14.2 Å². The van der Waals surface area contributed by atoms with Gasteiger partial charge in [0.25, 0.3) is 11.5 Å². The van der Waals surface area contributed by atoms with Crippen LogP contribution >= 0.6 is 22.9 Å². The van der Waals surface area contributed by atoms with Crippen LogP contribution in [0.1, 0.15) is 32.7 Å². The minimum atomic E-state index is -0.801. The number of hydrogen-bond acceptors (Lipinski definition) is 8. The first kappa shape index (κ1) is 20.1. The molecule has 1 atom stereocenters. The van der Waals surface area contributed by atoms with Gasteiger partial charge in [-0.1, -0.05) is 41.4 Å². The number of nitrogens with two attached hydrogens (primary N) is 1. The highest BCUT2D eigenvalue weighted by Crippen LogP contribution is 2.31. The molecule has 0 fully saturated rings. The summed E-state index contributed by atoms with van der Waals surface area (Å²) in [6, 6.07) is 7.49. The number of aliphatic hydroxyl groups excluding tert-OH is 1. The Morgan fingerprint density at radius 2 is 2.07 bits per heavy atom. The molecule has 0 aliphatic carbocycles. The summed E-state index contributed by atoms with van der Waals surface area (Å²) in [5.41, 5.74) is 6.67. The molecule has 0 spiro atoms. The first-order valence-electron chi connectivity index (χ1n) is 8.82. The molecule has 3 heterocycles. The summed E-state index contributed by atoms with van der Waals surface area (Å²) in [4.78, 5) is 30.1. The monoisotopic (exact) mass is 445 g/mol. The maximum Gasteiger partial charge on any atom is 0.264 e. The van der Waals surface area contributed by atoms with Crippen molar-refractivity contribution in [2.45, 2.75) is 26.1 Å². The standard InChI is InChI=1S/C18H16ClN7O3S/c1-9-2-4-10(5-3-9)11(27)6-26-23-12(22-24-26)7-25-8-21-17-13(18(25)29)14(19)15(30-17)16(20)28/h2-5,8,11,27H,6-7H2,1H3,(H2,20,28)/t11-/m0/s1. The average molecular weight is 446 g/mol. The number of fused-ring (bicyclic) bond motifs is 1. The second kappa shape index (κ2) is 7.94. The highest BCUT2D eigenvalue weighted by molar-refractivity contribution is 7.21. The lowest BCUT2D eigenvalue weighted by molar-refractivity contribution is 0.100. The number of halogens is 1. The Bertz CT molecular complexity index is 1300. The molecule has 0 aliphatic rings. The minimum Gasteiger partial charge on any atom is -0.386 e. The van der Waals surface area contributed by atoms with Crippen molar-refractivity contribution < 1.29 is 9.90 Å². The molecule has 10 nitrogen and oxygen atoms in total. The zero-order chi connectivity index (χ0) is 21.4. The SMILES string of the molecule is Cc1ccc([C@@H](O)Cn2nnc(Cn3cnc4sc(C(N)=O)c(Cl)c4c3=O)n2)cc1. The van der Waals surface area contributed by atoms with Crippen LogP contribution in [-0.4, -0.2) is 40.8 Å². The molecule has 0 unspecified atom stereocenters. The lowest BCUT2D eigenvalue weighted by atomic mass is 10.1. The summed E-state index contributed by atoms with van der Waals surface area (Å²) in [7, 11) is 0. The van der Waals surface area contributed by atoms with Crippen LogP contribution < -0.4 is 11.3 Å². The maximum absolute atomic E-state index is 12.8. The van der Waals surface area contributed by atoms with Gasteiger partial charge in [-0.2, -0.15) is 4.80 Å². The van der Waals surface area contributed by atoms with Gasteiger partial charge in [0.15, 0.2) is 5.82 Å². The molecule has 4 rings (SSSR count). The van der Waals surface area contributed by atoms with Gasteiger partial charge >= 0.3 is 0 Å². The molecule has 154 valence electrons. The zero-order valence-corrected chi connectivity index (χ0v) is 17.3. The molecule has 0 saturated carbocycles. The Labute approximate surface area is 178 Å². The summed E-state index contributed by atoms with van der Waals surface area (Å²) in [5.74, 6) is -0.457. The number of hydrogen-bond donors (Lipinski definition) is 2. The fourth-order valence-corrected chi connectivity index (χ4v) is 4.20. The summed E-state index contributed by atoms with van der Waals surface area (Å²) in [6.07, 6.45) is 0.523. The van der Waals surface area contributed by atoms with E-state index in [1.165, 1.54) is 15.7 Å². The highest BCUT2D eigenvalue weighted by atomic mass is 35.5. The van der Waals surface area contributed by atoms with Crippen LogP contribution in [-0.2, 0) is 13.1 Å². The molecule has 4 aromatic rings. The van der Waals surface area contributed by atoms with Crippen molar-refractivity contribution in [3.8, 4) is 0 Å². The number of thiophene rings is 1. The fourth-order valence-electron chi connectivity index (χ4n) is 2.88. The number of benzene rings is 1. The van der Waals surface area contributed by atoms with Gasteiger partial charge in [-0.05, 0) is 17.7 Å². The van der Waals surface area contributed by atoms with Crippen LogP contribution in [0.5, 0.6) is 0 Å². The molecule has 1 aromatic carbocycles. The number of primary amides is 1. The van der Waals surface area contributed by atoms with Crippen molar-refractivity contribution in [3.63, 3.8) is 0 Å². The average Bonchev–Trinajstić information content (AvgIpc) is 3.29. The molecule has 0 saturated heterocycles. The Balaban J connectivity index is 1.55. The van der Waals surface area contributed by atoms with Crippen molar-refractivity contribution in [1.29, 1.82) is 0 Å². The first-order valence-corrected chi connectivity index (χ1v) is 10.0. The smallest absolute Gasteiger partial charge is 0.264 e. The number of tetrazole rings is 1. The molecule has 0 radical (unpaired) electrons. The molecule has 3 aromatic heterocycles. The second-order valence-electron chi connectivity index (χ2n) is 6.65. The summed E-state index contributed by atoms with van der Waals surface area (Å²) in [6.45, 7) is 2.08. The Kier molecular flexibility index (Phi) is 5.33. The van der Waals surface area contributed by atoms with Gasteiger partial charge in [0, 0.05) is 0 Å². The Hall–Kier alpha value is -3.15. The van der Waals surface area contributed by atoms with E-state index >= 15 is 0 Å². The number of aromatic nitrogens is 6. The number of carbonyl (C=O) groups is 1. The molecular weight excluding hydrogens is 430 g/mol. The van der Waals surface area contributed by atoms with E-state index in [0.717, 1.165) is 22.5 Å². The summed E-state index contributed by atoms with van der Waals surface area (Å²) >= 11 is 7.11. The van der Waals surface area contributed by atoms with E-state index in [4.69, 9.17) is 17.3 Å². The number of rotatable bonds is 6. The molecule has 3 N–H and O–H groups in total. The normalized spacial score (nSPS) is 12.4. The third-order valence-electron chi connectivity index (χ3n) is 4.45. The van der Waals surface area contributed by atoms with Gasteiger partial charge in [0.2, 0.25) is 0 Å². The van der Waals surface area contributed by atoms with E-state index in [1.807, 2.05) is 31.2 Å². The van der Waals surface area contributed by atoms with E-state index in [0.29, 0.717) is 4.83 Å². The minimum absolute atomic E-state index is 0.000477. The van der Waals surface area contributed by atoms with Crippen LogP contribution in [0, 0.1) is 6.92 Å². The predicted molar refractivity (Wildman–Crippen MR) is 110 cm³/mol. The van der Waals surface area contributed by atoms with Crippen LogP contribution in [0.25, 0.3) is 10.2 Å². The fraction of sp³-hybridized carbons (Fsp3) is 0.222. The quantitative estimate of drug-likeness (QED) is 0.455. The molecule has 12 heteroatoms. The van der Waals surface area contributed by atoms with Gasteiger partial charge in [-0.15, -0.1) is 21.5 Å². The van der Waals surface area contributed by atoms with Crippen molar-refractivity contribution in [2.75, 3.05) is 0 Å². The number of carbonyl (C=O) groups excluding carboxylic acids is 1. The van der Waals surface area contributed by atoms with Gasteiger partial charge < -0.3 is 10.8 Å². The maximum atomic E-state index is 12.8. The van der Waals surface area contributed by atoms with E-state index in [1.54, 1.807) is 0 Å². The zero-order valence-electron chi connectivity index (χ0n) is 15.7. The predicted octanol–water partition coefficient (Wildman–Crippen LogP) is 1.29. The summed E-state index contributed by atoms with van der Waals surface area (Å²) in [5, 5.41) is 22.5. The molecule has 1 amide bonds. The number of nitrogens with zero attached hydrogens (tertiary/aromatic N) is 6. The largest absolute Gasteiger partial charge is 0.386 e. The van der Waals surface area contributed by atoms with Crippen LogP contribution in [0.3, 0.4) is 0 Å². The Morgan fingerprint density at radius 1 is 1.33 bits per heavy atom. The molecule has 0 aliphatic heterocycles. The van der Waals surface area contributed by atoms with Gasteiger partial charge in [0.05, 0.1) is 29.8 Å². The van der Waals surface area contributed by atoms with Crippen molar-refractivity contribution in [2.24, 2.45) is 5.73 Å². The molecule has 30 heavy (non-hydrogen) atoms. The second-order valence-corrected chi connectivity index (χ2v) is 8.03. The summed E-state index contributed by atoms with van der Waals surface area (Å²) < 4.78 is 1.27. The molecule has 0 bridgehead atoms. The van der Waals surface area contributed by atoms with E-state index < -0.39 is 17.6 Å². The van der Waals surface area contributed by atoms with E-state index in [-0.39, 0.29) is 34.2 Å². The number of aliphatic hydroxyl groups is 1. The van der Waals surface area contributed by atoms with E-state index in [2.05, 4.69) is 20.4 Å². The van der Waals surface area contributed by atoms with Gasteiger partial charge in [-0.25, -0.2) is 4.98 Å². The highest BCUT2D eigenvalue weighted by Gasteiger charge is 2.20. The number of aryl methyl sites for hydroxylation is 1. The van der Waals surface area contributed by atoms with Crippen molar-refractivity contribution >= 4 is 39.1 Å². The van der Waals surface area contributed by atoms with Crippen LogP contribution in [0.15, 0.2) is 35.4 Å². The lowest BCUT2D eigenvalue weighted by Gasteiger charge is -2.09. The molecular formula is C18H16ClN7O3S. The van der Waals surface area contributed by atoms with Crippen molar-refractivity contribution in [1.82, 2.24) is 29.8 Å². The first-order chi connectivity index (χ1) is 14.3. The van der Waals surface area contributed by atoms with Gasteiger partial charge in [0.1, 0.15) is 15.8 Å². The number of amides is 1. The van der Waals surface area contributed by atoms with Crippen LogP contribution in [0.2, 0.25) is 5.02 Å². The van der Waals surface area contributed by atoms with Crippen molar-refractivity contribution in [3.05, 3.63) is 67.8 Å². The third kappa shape index (κ3) is 3.82. The topological polar surface area (TPSA) is 142 Å². The lowest BCUT2D eigenvalue weighted by Crippen LogP contribution is -2.21. The third-order valence-corrected chi connectivity index (χ3v) is 6.05. The van der Waals surface area contributed by atoms with Crippen LogP contribution in [0.4, 0.5) is 0 Å². The van der Waals surface area contributed by atoms with E-state index in [9.17, 15) is 14.7 Å². The Morgan fingerprint density at radius 3 is 2.77 bits per heavy atom.